The Morgan fingerprint density at radius 1 is 1.26 bits per heavy atom. The van der Waals surface area contributed by atoms with Crippen LogP contribution < -0.4 is 10.5 Å². The maximum Gasteiger partial charge on any atom is 0.248 e. The predicted molar refractivity (Wildman–Crippen MR) is 98.1 cm³/mol. The summed E-state index contributed by atoms with van der Waals surface area (Å²) in [7, 11) is 0. The maximum atomic E-state index is 11.4. The number of aliphatic hydroxyl groups is 3. The Hall–Kier alpha value is -2.45. The molecule has 7 heteroatoms. The summed E-state index contributed by atoms with van der Waals surface area (Å²) in [4.78, 5) is 11.4. The molecule has 0 spiro atoms. The number of hydrogen-bond acceptors (Lipinski definition) is 6. The van der Waals surface area contributed by atoms with Crippen LogP contribution in [0.25, 0.3) is 11.1 Å². The van der Waals surface area contributed by atoms with E-state index in [1.54, 1.807) is 30.3 Å². The lowest BCUT2D eigenvalue weighted by molar-refractivity contribution is -0.240. The zero-order chi connectivity index (χ0) is 19.6. The largest absolute Gasteiger partial charge is 0.462 e. The molecule has 2 aromatic carbocycles. The fourth-order valence-corrected chi connectivity index (χ4v) is 3.14. The van der Waals surface area contributed by atoms with Gasteiger partial charge in [-0.2, -0.15) is 0 Å². The number of carbonyl (C=O) groups excluding carboxylic acids is 1. The third-order valence-corrected chi connectivity index (χ3v) is 4.62. The monoisotopic (exact) mass is 373 g/mol. The molecule has 1 saturated heterocycles. The van der Waals surface area contributed by atoms with E-state index in [0.717, 1.165) is 16.7 Å². The molecule has 5 N–H and O–H groups in total. The number of benzene rings is 2. The zero-order valence-corrected chi connectivity index (χ0v) is 14.9. The molecule has 27 heavy (non-hydrogen) atoms. The summed E-state index contributed by atoms with van der Waals surface area (Å²) in [5.74, 6) is -0.0352. The second-order valence-electron chi connectivity index (χ2n) is 6.64. The summed E-state index contributed by atoms with van der Waals surface area (Å²) >= 11 is 0. The molecule has 144 valence electrons. The van der Waals surface area contributed by atoms with Crippen molar-refractivity contribution in [3.05, 3.63) is 53.6 Å². The van der Waals surface area contributed by atoms with E-state index in [4.69, 9.17) is 15.2 Å². The molecule has 1 amide bonds. The Kier molecular flexibility index (Phi) is 5.76. The molecule has 0 aromatic heterocycles. The molecule has 2 aromatic rings. The number of hydrogen-bond donors (Lipinski definition) is 4. The van der Waals surface area contributed by atoms with Gasteiger partial charge in [-0.25, -0.2) is 0 Å². The molecule has 7 nitrogen and oxygen atoms in total. The van der Waals surface area contributed by atoms with Crippen molar-refractivity contribution in [2.24, 2.45) is 5.73 Å². The molecular formula is C20H23NO6. The molecule has 0 bridgehead atoms. The Labute approximate surface area is 157 Å². The van der Waals surface area contributed by atoms with Crippen molar-refractivity contribution in [3.8, 4) is 16.9 Å². The SMILES string of the molecule is Cc1cc(OC2O[C@H](CO)C[C@H](O)[C@@H]2O)ccc1-c1cccc(C(N)=O)c1. The first-order valence-electron chi connectivity index (χ1n) is 8.69. The number of nitrogens with two attached hydrogens (primary N) is 1. The number of aryl methyl sites for hydroxylation is 1. The van der Waals surface area contributed by atoms with Gasteiger partial charge >= 0.3 is 0 Å². The number of amides is 1. The van der Waals surface area contributed by atoms with E-state index in [2.05, 4.69) is 0 Å². The van der Waals surface area contributed by atoms with E-state index in [1.165, 1.54) is 0 Å². The fraction of sp³-hybridized carbons (Fsp3) is 0.350. The van der Waals surface area contributed by atoms with E-state index in [0.29, 0.717) is 11.3 Å². The lowest BCUT2D eigenvalue weighted by Gasteiger charge is -2.36. The highest BCUT2D eigenvalue weighted by atomic mass is 16.7. The van der Waals surface area contributed by atoms with Crippen LogP contribution in [-0.4, -0.2) is 52.4 Å². The van der Waals surface area contributed by atoms with Crippen LogP contribution in [0.5, 0.6) is 5.75 Å². The van der Waals surface area contributed by atoms with Gasteiger partial charge in [0, 0.05) is 12.0 Å². The van der Waals surface area contributed by atoms with E-state index >= 15 is 0 Å². The van der Waals surface area contributed by atoms with Gasteiger partial charge in [-0.3, -0.25) is 4.79 Å². The summed E-state index contributed by atoms with van der Waals surface area (Å²) in [6, 6.07) is 12.3. The molecule has 1 aliphatic rings. The molecule has 1 fully saturated rings. The average molecular weight is 373 g/mol. The highest BCUT2D eigenvalue weighted by molar-refractivity contribution is 5.94. The summed E-state index contributed by atoms with van der Waals surface area (Å²) in [6.07, 6.45) is -3.76. The van der Waals surface area contributed by atoms with Crippen molar-refractivity contribution < 1.29 is 29.6 Å². The summed E-state index contributed by atoms with van der Waals surface area (Å²) in [6.45, 7) is 1.63. The van der Waals surface area contributed by atoms with Gasteiger partial charge < -0.3 is 30.5 Å². The number of ether oxygens (including phenoxy) is 2. The quantitative estimate of drug-likeness (QED) is 0.619. The third kappa shape index (κ3) is 4.28. The first-order valence-corrected chi connectivity index (χ1v) is 8.69. The van der Waals surface area contributed by atoms with E-state index < -0.39 is 30.5 Å². The summed E-state index contributed by atoms with van der Waals surface area (Å²) < 4.78 is 11.2. The highest BCUT2D eigenvalue weighted by Gasteiger charge is 2.38. The van der Waals surface area contributed by atoms with Crippen LogP contribution in [0, 0.1) is 6.92 Å². The van der Waals surface area contributed by atoms with Crippen LogP contribution >= 0.6 is 0 Å². The number of carbonyl (C=O) groups is 1. The van der Waals surface area contributed by atoms with E-state index in [1.807, 2.05) is 19.1 Å². The van der Waals surface area contributed by atoms with Gasteiger partial charge in [-0.1, -0.05) is 18.2 Å². The molecule has 1 heterocycles. The highest BCUT2D eigenvalue weighted by Crippen LogP contribution is 2.29. The number of primary amides is 1. The Morgan fingerprint density at radius 3 is 2.70 bits per heavy atom. The third-order valence-electron chi connectivity index (χ3n) is 4.62. The smallest absolute Gasteiger partial charge is 0.248 e. The first-order chi connectivity index (χ1) is 12.9. The van der Waals surface area contributed by atoms with Crippen molar-refractivity contribution in [2.75, 3.05) is 6.61 Å². The first kappa shape index (κ1) is 19.3. The topological polar surface area (TPSA) is 122 Å². The minimum atomic E-state index is -1.21. The van der Waals surface area contributed by atoms with Crippen LogP contribution in [-0.2, 0) is 4.74 Å². The fourth-order valence-electron chi connectivity index (χ4n) is 3.14. The molecule has 1 unspecified atom stereocenters. The van der Waals surface area contributed by atoms with E-state index in [-0.39, 0.29) is 13.0 Å². The van der Waals surface area contributed by atoms with Gasteiger partial charge in [0.2, 0.25) is 12.2 Å². The Morgan fingerprint density at radius 2 is 2.04 bits per heavy atom. The van der Waals surface area contributed by atoms with Crippen molar-refractivity contribution >= 4 is 5.91 Å². The van der Waals surface area contributed by atoms with Gasteiger partial charge in [0.1, 0.15) is 11.9 Å². The standard InChI is InChI=1S/C20H23NO6/c1-11-7-14(26-20-18(24)17(23)9-15(10-22)27-20)5-6-16(11)12-3-2-4-13(8-12)19(21)25/h2-8,15,17-18,20,22-24H,9-10H2,1H3,(H2,21,25)/t15-,17-,18-,20?/m0/s1. The zero-order valence-electron chi connectivity index (χ0n) is 14.9. The molecule has 3 rings (SSSR count). The van der Waals surface area contributed by atoms with Crippen molar-refractivity contribution in [1.29, 1.82) is 0 Å². The molecule has 0 aliphatic carbocycles. The second-order valence-corrected chi connectivity index (χ2v) is 6.64. The molecule has 1 aliphatic heterocycles. The van der Waals surface area contributed by atoms with Crippen LogP contribution in [0.2, 0.25) is 0 Å². The average Bonchev–Trinajstić information content (AvgIpc) is 2.65. The maximum absolute atomic E-state index is 11.4. The molecule has 4 atom stereocenters. The number of rotatable bonds is 5. The van der Waals surface area contributed by atoms with Crippen molar-refractivity contribution in [2.45, 2.75) is 37.9 Å². The summed E-state index contributed by atoms with van der Waals surface area (Å²) in [5, 5.41) is 29.2. The minimum Gasteiger partial charge on any atom is -0.462 e. The molecule has 0 saturated carbocycles. The number of aliphatic hydroxyl groups excluding tert-OH is 3. The Bertz CT molecular complexity index is 824. The van der Waals surface area contributed by atoms with Gasteiger partial charge in [0.15, 0.2) is 0 Å². The predicted octanol–water partition coefficient (Wildman–Crippen LogP) is 0.969. The lowest BCUT2D eigenvalue weighted by Crippen LogP contribution is -2.51. The van der Waals surface area contributed by atoms with Crippen LogP contribution in [0.4, 0.5) is 0 Å². The van der Waals surface area contributed by atoms with E-state index in [9.17, 15) is 20.1 Å². The van der Waals surface area contributed by atoms with Crippen LogP contribution in [0.15, 0.2) is 42.5 Å². The van der Waals surface area contributed by atoms with Gasteiger partial charge in [-0.05, 0) is 47.9 Å². The lowest BCUT2D eigenvalue weighted by atomic mass is 9.98. The minimum absolute atomic E-state index is 0.145. The molecular weight excluding hydrogens is 350 g/mol. The van der Waals surface area contributed by atoms with Gasteiger partial charge in [0.25, 0.3) is 0 Å². The molecule has 0 radical (unpaired) electrons. The second kappa shape index (κ2) is 8.06. The Balaban J connectivity index is 1.80. The van der Waals surface area contributed by atoms with Gasteiger partial charge in [-0.15, -0.1) is 0 Å². The van der Waals surface area contributed by atoms with Crippen LogP contribution in [0.1, 0.15) is 22.3 Å². The van der Waals surface area contributed by atoms with Crippen molar-refractivity contribution in [3.63, 3.8) is 0 Å². The normalized spacial score (nSPS) is 25.2. The van der Waals surface area contributed by atoms with Gasteiger partial charge in [0.05, 0.1) is 18.8 Å². The van der Waals surface area contributed by atoms with Crippen molar-refractivity contribution in [1.82, 2.24) is 0 Å². The van der Waals surface area contributed by atoms with Crippen LogP contribution in [0.3, 0.4) is 0 Å². The summed E-state index contributed by atoms with van der Waals surface area (Å²) in [5.41, 5.74) is 8.41.